The van der Waals surface area contributed by atoms with Gasteiger partial charge in [0, 0.05) is 0 Å². The maximum atomic E-state index is 12.4. The van der Waals surface area contributed by atoms with Crippen LogP contribution in [0.15, 0.2) is 42.5 Å². The lowest BCUT2D eigenvalue weighted by atomic mass is 9.98. The third-order valence-electron chi connectivity index (χ3n) is 3.97. The van der Waals surface area contributed by atoms with E-state index in [1.165, 1.54) is 4.90 Å². The highest BCUT2D eigenvalue weighted by Crippen LogP contribution is 2.22. The summed E-state index contributed by atoms with van der Waals surface area (Å²) >= 11 is 0. The summed E-state index contributed by atoms with van der Waals surface area (Å²) in [4.78, 5) is 25.9. The van der Waals surface area contributed by atoms with Gasteiger partial charge in [-0.25, -0.2) is 0 Å². The van der Waals surface area contributed by atoms with Crippen molar-refractivity contribution < 1.29 is 9.59 Å². The van der Waals surface area contributed by atoms with Gasteiger partial charge in [0.25, 0.3) is 0 Å². The lowest BCUT2D eigenvalue weighted by Crippen LogP contribution is -2.63. The SMILES string of the molecule is CC1(C)NCC(=O)N(Cc2cccc3ccccc23)C1=O. The molecule has 1 N–H and O–H groups in total. The van der Waals surface area contributed by atoms with Crippen LogP contribution in [-0.4, -0.2) is 28.8 Å². The molecule has 0 unspecified atom stereocenters. The van der Waals surface area contributed by atoms with E-state index in [4.69, 9.17) is 0 Å². The van der Waals surface area contributed by atoms with Gasteiger partial charge in [0.2, 0.25) is 11.8 Å². The van der Waals surface area contributed by atoms with Crippen LogP contribution in [0.5, 0.6) is 0 Å². The monoisotopic (exact) mass is 282 g/mol. The lowest BCUT2D eigenvalue weighted by molar-refractivity contribution is -0.153. The van der Waals surface area contributed by atoms with E-state index >= 15 is 0 Å². The highest BCUT2D eigenvalue weighted by Gasteiger charge is 2.39. The van der Waals surface area contributed by atoms with Gasteiger partial charge in [0.05, 0.1) is 18.6 Å². The van der Waals surface area contributed by atoms with E-state index in [1.807, 2.05) is 42.5 Å². The van der Waals surface area contributed by atoms with E-state index < -0.39 is 5.54 Å². The molecule has 0 atom stereocenters. The molecule has 108 valence electrons. The molecule has 2 amide bonds. The second kappa shape index (κ2) is 4.97. The van der Waals surface area contributed by atoms with Crippen molar-refractivity contribution in [3.8, 4) is 0 Å². The normalized spacial score (nSPS) is 18.3. The number of hydrogen-bond donors (Lipinski definition) is 1. The molecule has 0 aromatic heterocycles. The fourth-order valence-corrected chi connectivity index (χ4v) is 2.68. The molecule has 21 heavy (non-hydrogen) atoms. The van der Waals surface area contributed by atoms with Gasteiger partial charge >= 0.3 is 0 Å². The number of nitrogens with one attached hydrogen (secondary N) is 1. The third-order valence-corrected chi connectivity index (χ3v) is 3.97. The smallest absolute Gasteiger partial charge is 0.249 e. The number of rotatable bonds is 2. The molecule has 0 spiro atoms. The lowest BCUT2D eigenvalue weighted by Gasteiger charge is -2.36. The van der Waals surface area contributed by atoms with Crippen LogP contribution in [0.4, 0.5) is 0 Å². The first-order valence-corrected chi connectivity index (χ1v) is 7.05. The summed E-state index contributed by atoms with van der Waals surface area (Å²) in [5, 5.41) is 5.17. The van der Waals surface area contributed by atoms with Crippen molar-refractivity contribution in [2.45, 2.75) is 25.9 Å². The molecule has 0 radical (unpaired) electrons. The minimum absolute atomic E-state index is 0.174. The first-order chi connectivity index (χ1) is 9.99. The van der Waals surface area contributed by atoms with E-state index in [1.54, 1.807) is 13.8 Å². The Morgan fingerprint density at radius 3 is 2.62 bits per heavy atom. The largest absolute Gasteiger partial charge is 0.295 e. The summed E-state index contributed by atoms with van der Waals surface area (Å²) in [5.41, 5.74) is 0.297. The molecule has 0 saturated carbocycles. The predicted octanol–water partition coefficient (Wildman–Crippen LogP) is 2.08. The summed E-state index contributed by atoms with van der Waals surface area (Å²) in [6, 6.07) is 14.0. The highest BCUT2D eigenvalue weighted by atomic mass is 16.2. The topological polar surface area (TPSA) is 49.4 Å². The van der Waals surface area contributed by atoms with E-state index in [9.17, 15) is 9.59 Å². The number of carbonyl (C=O) groups is 2. The quantitative estimate of drug-likeness (QED) is 0.858. The molecule has 2 aromatic rings. The van der Waals surface area contributed by atoms with Crippen LogP contribution in [0.2, 0.25) is 0 Å². The fraction of sp³-hybridized carbons (Fsp3) is 0.294. The Morgan fingerprint density at radius 2 is 1.81 bits per heavy atom. The zero-order valence-electron chi connectivity index (χ0n) is 12.2. The summed E-state index contributed by atoms with van der Waals surface area (Å²) in [6.45, 7) is 4.13. The summed E-state index contributed by atoms with van der Waals surface area (Å²) in [5.74, 6) is -0.348. The van der Waals surface area contributed by atoms with Crippen LogP contribution in [0.1, 0.15) is 19.4 Å². The van der Waals surface area contributed by atoms with Gasteiger partial charge in [-0.2, -0.15) is 0 Å². The zero-order chi connectivity index (χ0) is 15.0. The molecule has 0 bridgehead atoms. The predicted molar refractivity (Wildman–Crippen MR) is 81.6 cm³/mol. The first-order valence-electron chi connectivity index (χ1n) is 7.05. The van der Waals surface area contributed by atoms with Crippen molar-refractivity contribution >= 4 is 22.6 Å². The molecule has 3 rings (SSSR count). The Hall–Kier alpha value is -2.20. The number of fused-ring (bicyclic) bond motifs is 1. The van der Waals surface area contributed by atoms with E-state index in [2.05, 4.69) is 5.32 Å². The van der Waals surface area contributed by atoms with Crippen molar-refractivity contribution in [1.82, 2.24) is 10.2 Å². The minimum atomic E-state index is -0.696. The summed E-state index contributed by atoms with van der Waals surface area (Å²) in [7, 11) is 0. The van der Waals surface area contributed by atoms with Crippen LogP contribution < -0.4 is 5.32 Å². The Kier molecular flexibility index (Phi) is 3.26. The van der Waals surface area contributed by atoms with Gasteiger partial charge in [0.15, 0.2) is 0 Å². The van der Waals surface area contributed by atoms with Gasteiger partial charge in [0.1, 0.15) is 0 Å². The molecule has 1 aliphatic rings. The fourth-order valence-electron chi connectivity index (χ4n) is 2.68. The Balaban J connectivity index is 1.98. The van der Waals surface area contributed by atoms with Crippen LogP contribution in [0.3, 0.4) is 0 Å². The Bertz CT molecular complexity index is 716. The number of amides is 2. The molecule has 2 aromatic carbocycles. The molecule has 0 aliphatic carbocycles. The molecule has 1 aliphatic heterocycles. The molecule has 1 heterocycles. The van der Waals surface area contributed by atoms with Gasteiger partial charge in [-0.1, -0.05) is 42.5 Å². The average molecular weight is 282 g/mol. The van der Waals surface area contributed by atoms with Crippen LogP contribution in [0.25, 0.3) is 10.8 Å². The summed E-state index contributed by atoms with van der Waals surface area (Å²) in [6.07, 6.45) is 0. The molecule has 1 fully saturated rings. The second-order valence-electron chi connectivity index (χ2n) is 5.90. The number of hydrogen-bond acceptors (Lipinski definition) is 3. The van der Waals surface area contributed by atoms with Gasteiger partial charge in [-0.3, -0.25) is 19.8 Å². The van der Waals surface area contributed by atoms with Crippen molar-refractivity contribution in [1.29, 1.82) is 0 Å². The molecule has 4 heteroatoms. The summed E-state index contributed by atoms with van der Waals surface area (Å²) < 4.78 is 0. The first kappa shape index (κ1) is 13.8. The highest BCUT2D eigenvalue weighted by molar-refractivity contribution is 6.03. The number of benzene rings is 2. The Morgan fingerprint density at radius 1 is 1.10 bits per heavy atom. The number of nitrogens with zero attached hydrogens (tertiary/aromatic N) is 1. The van der Waals surface area contributed by atoms with Crippen molar-refractivity contribution in [2.24, 2.45) is 0 Å². The van der Waals surface area contributed by atoms with E-state index in [0.29, 0.717) is 6.54 Å². The minimum Gasteiger partial charge on any atom is -0.295 e. The van der Waals surface area contributed by atoms with Crippen molar-refractivity contribution in [2.75, 3.05) is 6.54 Å². The maximum absolute atomic E-state index is 12.4. The van der Waals surface area contributed by atoms with Crippen LogP contribution >= 0.6 is 0 Å². The molecule has 1 saturated heterocycles. The van der Waals surface area contributed by atoms with Crippen molar-refractivity contribution in [3.05, 3.63) is 48.0 Å². The molecule has 4 nitrogen and oxygen atoms in total. The van der Waals surface area contributed by atoms with Crippen LogP contribution in [-0.2, 0) is 16.1 Å². The zero-order valence-corrected chi connectivity index (χ0v) is 12.2. The Labute approximate surface area is 123 Å². The number of carbonyl (C=O) groups excluding carboxylic acids is 2. The standard InChI is InChI=1S/C17H18N2O2/c1-17(2)16(21)19(15(20)10-18-17)11-13-8-5-7-12-6-3-4-9-14(12)13/h3-9,18H,10-11H2,1-2H3. The van der Waals surface area contributed by atoms with Gasteiger partial charge in [-0.15, -0.1) is 0 Å². The average Bonchev–Trinajstić information content (AvgIpc) is 2.48. The molecular formula is C17H18N2O2. The maximum Gasteiger partial charge on any atom is 0.249 e. The van der Waals surface area contributed by atoms with Gasteiger partial charge < -0.3 is 0 Å². The number of piperazine rings is 1. The van der Waals surface area contributed by atoms with Gasteiger partial charge in [-0.05, 0) is 30.2 Å². The second-order valence-corrected chi connectivity index (χ2v) is 5.90. The van der Waals surface area contributed by atoms with Crippen LogP contribution in [0, 0.1) is 0 Å². The molecular weight excluding hydrogens is 264 g/mol. The van der Waals surface area contributed by atoms with Crippen molar-refractivity contribution in [3.63, 3.8) is 0 Å². The van der Waals surface area contributed by atoms with E-state index in [0.717, 1.165) is 16.3 Å². The number of imide groups is 1. The van der Waals surface area contributed by atoms with E-state index in [-0.39, 0.29) is 18.4 Å². The third kappa shape index (κ3) is 2.43.